The van der Waals surface area contributed by atoms with E-state index < -0.39 is 0 Å². The van der Waals surface area contributed by atoms with E-state index in [2.05, 4.69) is 11.1 Å². The smallest absolute Gasteiger partial charge is 0.226 e. The Morgan fingerprint density at radius 3 is 2.52 bits per heavy atom. The van der Waals surface area contributed by atoms with Crippen LogP contribution < -0.4 is 4.74 Å². The van der Waals surface area contributed by atoms with Crippen LogP contribution in [-0.4, -0.2) is 36.0 Å². The minimum Gasteiger partial charge on any atom is -0.497 e. The molecule has 0 radical (unpaired) electrons. The van der Waals surface area contributed by atoms with E-state index >= 15 is 0 Å². The normalized spacial score (nSPS) is 15.4. The highest BCUT2D eigenvalue weighted by atomic mass is 16.5. The van der Waals surface area contributed by atoms with Crippen LogP contribution in [0, 0.1) is 0 Å². The number of carbonyl (C=O) groups is 1. The lowest BCUT2D eigenvalue weighted by atomic mass is 9.93. The largest absolute Gasteiger partial charge is 0.497 e. The summed E-state index contributed by atoms with van der Waals surface area (Å²) in [5.41, 5.74) is 2.18. The zero-order valence-electron chi connectivity index (χ0n) is 13.4. The summed E-state index contributed by atoms with van der Waals surface area (Å²) in [5, 5.41) is 0. The fourth-order valence-corrected chi connectivity index (χ4v) is 3.07. The van der Waals surface area contributed by atoms with E-state index in [-0.39, 0.29) is 5.91 Å². The molecule has 0 bridgehead atoms. The van der Waals surface area contributed by atoms with E-state index in [0.717, 1.165) is 42.9 Å². The van der Waals surface area contributed by atoms with E-state index in [1.807, 2.05) is 47.5 Å². The van der Waals surface area contributed by atoms with Crippen molar-refractivity contribution in [3.8, 4) is 5.75 Å². The van der Waals surface area contributed by atoms with E-state index in [4.69, 9.17) is 4.74 Å². The number of rotatable bonds is 4. The molecular weight excluding hydrogens is 288 g/mol. The zero-order valence-corrected chi connectivity index (χ0v) is 13.4. The fourth-order valence-electron chi connectivity index (χ4n) is 3.07. The third-order valence-corrected chi connectivity index (χ3v) is 4.47. The number of aromatic nitrogens is 1. The number of carbonyl (C=O) groups excluding carboxylic acids is 1. The molecule has 1 aliphatic heterocycles. The Balaban J connectivity index is 1.53. The van der Waals surface area contributed by atoms with Gasteiger partial charge in [0.15, 0.2) is 0 Å². The number of nitrogens with zero attached hydrogens (tertiary/aromatic N) is 2. The molecule has 2 heterocycles. The van der Waals surface area contributed by atoms with Crippen molar-refractivity contribution in [2.75, 3.05) is 20.2 Å². The molecule has 0 saturated carbocycles. The van der Waals surface area contributed by atoms with Gasteiger partial charge < -0.3 is 9.64 Å². The molecule has 120 valence electrons. The number of benzene rings is 1. The summed E-state index contributed by atoms with van der Waals surface area (Å²) in [6, 6.07) is 13.8. The molecule has 3 rings (SSSR count). The molecule has 4 nitrogen and oxygen atoms in total. The Morgan fingerprint density at radius 1 is 1.17 bits per heavy atom. The minimum absolute atomic E-state index is 0.203. The van der Waals surface area contributed by atoms with Crippen LogP contribution >= 0.6 is 0 Å². The molecule has 23 heavy (non-hydrogen) atoms. The first-order chi connectivity index (χ1) is 11.3. The number of piperidine rings is 1. The van der Waals surface area contributed by atoms with Gasteiger partial charge in [0.1, 0.15) is 5.75 Å². The van der Waals surface area contributed by atoms with Crippen LogP contribution in [0.5, 0.6) is 5.75 Å². The lowest BCUT2D eigenvalue weighted by Gasteiger charge is -2.31. The average Bonchev–Trinajstić information content (AvgIpc) is 2.63. The van der Waals surface area contributed by atoms with Gasteiger partial charge in [-0.25, -0.2) is 0 Å². The van der Waals surface area contributed by atoms with Crippen molar-refractivity contribution >= 4 is 5.91 Å². The second-order valence-corrected chi connectivity index (χ2v) is 5.93. The second-order valence-electron chi connectivity index (χ2n) is 5.93. The highest BCUT2D eigenvalue weighted by Crippen LogP contribution is 2.26. The van der Waals surface area contributed by atoms with Crippen LogP contribution in [0.15, 0.2) is 48.7 Å². The molecule has 1 aromatic heterocycles. The highest BCUT2D eigenvalue weighted by molar-refractivity contribution is 5.78. The van der Waals surface area contributed by atoms with E-state index in [1.54, 1.807) is 7.11 Å². The standard InChI is InChI=1S/C19H22N2O2/c1-23-17-7-5-15(6-8-17)14-19(22)21-12-9-16(10-13-21)18-4-2-3-11-20-18/h2-8,11,16H,9-10,12-14H2,1H3. The van der Waals surface area contributed by atoms with Gasteiger partial charge in [0.05, 0.1) is 13.5 Å². The van der Waals surface area contributed by atoms with Gasteiger partial charge in [-0.2, -0.15) is 0 Å². The molecule has 4 heteroatoms. The Kier molecular flexibility index (Phi) is 4.91. The molecular formula is C19H22N2O2. The Hall–Kier alpha value is -2.36. The third kappa shape index (κ3) is 3.89. The van der Waals surface area contributed by atoms with Gasteiger partial charge in [-0.15, -0.1) is 0 Å². The molecule has 1 amide bonds. The molecule has 0 aliphatic carbocycles. The molecule has 0 spiro atoms. The average molecular weight is 310 g/mol. The quantitative estimate of drug-likeness (QED) is 0.871. The number of pyridine rings is 1. The summed E-state index contributed by atoms with van der Waals surface area (Å²) in [7, 11) is 1.64. The van der Waals surface area contributed by atoms with Gasteiger partial charge in [-0.3, -0.25) is 9.78 Å². The first-order valence-electron chi connectivity index (χ1n) is 8.08. The van der Waals surface area contributed by atoms with Crippen molar-refractivity contribution in [3.63, 3.8) is 0 Å². The molecule has 0 N–H and O–H groups in total. The number of methoxy groups -OCH3 is 1. The predicted molar refractivity (Wildman–Crippen MR) is 89.5 cm³/mol. The zero-order chi connectivity index (χ0) is 16.1. The van der Waals surface area contributed by atoms with Crippen molar-refractivity contribution in [2.45, 2.75) is 25.2 Å². The van der Waals surface area contributed by atoms with E-state index in [0.29, 0.717) is 12.3 Å². The van der Waals surface area contributed by atoms with Crippen molar-refractivity contribution < 1.29 is 9.53 Å². The second kappa shape index (κ2) is 7.27. The fraction of sp³-hybridized carbons (Fsp3) is 0.368. The van der Waals surface area contributed by atoms with Crippen LogP contribution in [0.4, 0.5) is 0 Å². The minimum atomic E-state index is 0.203. The molecule has 1 aromatic carbocycles. The summed E-state index contributed by atoms with van der Waals surface area (Å²) < 4.78 is 5.14. The molecule has 2 aromatic rings. The highest BCUT2D eigenvalue weighted by Gasteiger charge is 2.24. The van der Waals surface area contributed by atoms with Gasteiger partial charge in [-0.1, -0.05) is 18.2 Å². The maximum Gasteiger partial charge on any atom is 0.226 e. The summed E-state index contributed by atoms with van der Waals surface area (Å²) in [6.45, 7) is 1.63. The number of hydrogen-bond donors (Lipinski definition) is 0. The number of hydrogen-bond acceptors (Lipinski definition) is 3. The van der Waals surface area contributed by atoms with E-state index in [1.165, 1.54) is 0 Å². The van der Waals surface area contributed by atoms with Crippen LogP contribution in [0.2, 0.25) is 0 Å². The van der Waals surface area contributed by atoms with Gasteiger partial charge in [0, 0.05) is 30.9 Å². The molecule has 0 atom stereocenters. The maximum atomic E-state index is 12.4. The van der Waals surface area contributed by atoms with E-state index in [9.17, 15) is 4.79 Å². The molecule has 1 fully saturated rings. The molecule has 1 saturated heterocycles. The van der Waals surface area contributed by atoms with Crippen molar-refractivity contribution in [2.24, 2.45) is 0 Å². The Morgan fingerprint density at radius 2 is 1.91 bits per heavy atom. The first kappa shape index (κ1) is 15.5. The monoisotopic (exact) mass is 310 g/mol. The lowest BCUT2D eigenvalue weighted by molar-refractivity contribution is -0.131. The SMILES string of the molecule is COc1ccc(CC(=O)N2CCC(c3ccccn3)CC2)cc1. The van der Waals surface area contributed by atoms with Crippen LogP contribution in [-0.2, 0) is 11.2 Å². The van der Waals surface area contributed by atoms with Gasteiger partial charge in [0.25, 0.3) is 0 Å². The van der Waals surface area contributed by atoms with Crippen molar-refractivity contribution in [3.05, 3.63) is 59.9 Å². The van der Waals surface area contributed by atoms with Gasteiger partial charge >= 0.3 is 0 Å². The van der Waals surface area contributed by atoms with Gasteiger partial charge in [0.2, 0.25) is 5.91 Å². The lowest BCUT2D eigenvalue weighted by Crippen LogP contribution is -2.38. The maximum absolute atomic E-state index is 12.4. The van der Waals surface area contributed by atoms with Gasteiger partial charge in [-0.05, 0) is 42.7 Å². The summed E-state index contributed by atoms with van der Waals surface area (Å²) in [6.07, 6.45) is 4.28. The molecule has 0 unspecified atom stereocenters. The number of ether oxygens (including phenoxy) is 1. The first-order valence-corrected chi connectivity index (χ1v) is 8.08. The van der Waals surface area contributed by atoms with Crippen molar-refractivity contribution in [1.29, 1.82) is 0 Å². The van der Waals surface area contributed by atoms with Crippen LogP contribution in [0.25, 0.3) is 0 Å². The molecule has 1 aliphatic rings. The predicted octanol–water partition coefficient (Wildman–Crippen LogP) is 3.04. The summed E-state index contributed by atoms with van der Waals surface area (Å²) >= 11 is 0. The number of likely N-dealkylation sites (tertiary alicyclic amines) is 1. The summed E-state index contributed by atoms with van der Waals surface area (Å²) in [5.74, 6) is 1.49. The Bertz CT molecular complexity index is 632. The van der Waals surface area contributed by atoms with Crippen LogP contribution in [0.1, 0.15) is 30.0 Å². The Labute approximate surface area is 137 Å². The summed E-state index contributed by atoms with van der Waals surface area (Å²) in [4.78, 5) is 18.9. The number of amides is 1. The van der Waals surface area contributed by atoms with Crippen LogP contribution in [0.3, 0.4) is 0 Å². The third-order valence-electron chi connectivity index (χ3n) is 4.47. The van der Waals surface area contributed by atoms with Crippen molar-refractivity contribution in [1.82, 2.24) is 9.88 Å². The topological polar surface area (TPSA) is 42.4 Å².